The van der Waals surface area contributed by atoms with Crippen LogP contribution in [0.5, 0.6) is 0 Å². The molecule has 0 bridgehead atoms. The van der Waals surface area contributed by atoms with E-state index in [1.54, 1.807) is 30.3 Å². The summed E-state index contributed by atoms with van der Waals surface area (Å²) in [6, 6.07) is 25.8. The van der Waals surface area contributed by atoms with Crippen molar-refractivity contribution in [2.24, 2.45) is 0 Å². The molecule has 4 heteroatoms. The Morgan fingerprint density at radius 3 is 2.04 bits per heavy atom. The van der Waals surface area contributed by atoms with Gasteiger partial charge in [-0.2, -0.15) is 0 Å². The molecular formula is C22H18O3S. The number of hydrogen-bond donors (Lipinski definition) is 1. The third kappa shape index (κ3) is 4.41. The molecule has 1 N–H and O–H groups in total. The number of hydrogen-bond acceptors (Lipinski definition) is 3. The lowest BCUT2D eigenvalue weighted by Crippen LogP contribution is -2.06. The minimum absolute atomic E-state index is 0.0414. The van der Waals surface area contributed by atoms with E-state index in [1.807, 2.05) is 54.6 Å². The summed E-state index contributed by atoms with van der Waals surface area (Å²) in [5.74, 6) is -0.922. The van der Waals surface area contributed by atoms with E-state index in [-0.39, 0.29) is 16.6 Å². The van der Waals surface area contributed by atoms with Crippen LogP contribution < -0.4 is 0 Å². The highest BCUT2D eigenvalue weighted by Gasteiger charge is 2.21. The van der Waals surface area contributed by atoms with Gasteiger partial charge in [0, 0.05) is 22.1 Å². The molecular weight excluding hydrogens is 344 g/mol. The van der Waals surface area contributed by atoms with E-state index in [2.05, 4.69) is 0 Å². The van der Waals surface area contributed by atoms with Gasteiger partial charge in [0.05, 0.1) is 5.56 Å². The van der Waals surface area contributed by atoms with Gasteiger partial charge in [0.25, 0.3) is 0 Å². The Kier molecular flexibility index (Phi) is 5.87. The molecule has 0 radical (unpaired) electrons. The zero-order chi connectivity index (χ0) is 18.4. The second-order valence-corrected chi connectivity index (χ2v) is 7.06. The minimum atomic E-state index is -0.964. The molecule has 1 unspecified atom stereocenters. The van der Waals surface area contributed by atoms with Crippen molar-refractivity contribution in [3.05, 3.63) is 102 Å². The average molecular weight is 362 g/mol. The van der Waals surface area contributed by atoms with Gasteiger partial charge in [0.2, 0.25) is 0 Å². The number of benzene rings is 3. The molecule has 0 aliphatic carbocycles. The summed E-state index contributed by atoms with van der Waals surface area (Å²) < 4.78 is 0. The summed E-state index contributed by atoms with van der Waals surface area (Å²) in [6.07, 6.45) is 0.298. The van der Waals surface area contributed by atoms with Crippen LogP contribution >= 0.6 is 11.8 Å². The SMILES string of the molecule is O=C(CC(Sc1ccccc1C(=O)O)c1ccccc1)c1ccccc1. The fourth-order valence-electron chi connectivity index (χ4n) is 2.70. The van der Waals surface area contributed by atoms with Crippen LogP contribution in [-0.4, -0.2) is 16.9 Å². The highest BCUT2D eigenvalue weighted by Crippen LogP contribution is 2.40. The van der Waals surface area contributed by atoms with Crippen molar-refractivity contribution in [2.45, 2.75) is 16.6 Å². The van der Waals surface area contributed by atoms with Crippen molar-refractivity contribution in [1.82, 2.24) is 0 Å². The maximum absolute atomic E-state index is 12.7. The van der Waals surface area contributed by atoms with Crippen LogP contribution in [-0.2, 0) is 0 Å². The van der Waals surface area contributed by atoms with Crippen LogP contribution in [0.1, 0.15) is 38.0 Å². The molecule has 3 nitrogen and oxygen atoms in total. The molecule has 1 atom stereocenters. The second kappa shape index (κ2) is 8.50. The van der Waals surface area contributed by atoms with Gasteiger partial charge in [0.15, 0.2) is 5.78 Å². The van der Waals surface area contributed by atoms with E-state index in [9.17, 15) is 14.7 Å². The second-order valence-electron chi connectivity index (χ2n) is 5.81. The first-order valence-corrected chi connectivity index (χ1v) is 9.15. The Bertz CT molecular complexity index is 892. The minimum Gasteiger partial charge on any atom is -0.478 e. The fraction of sp³-hybridized carbons (Fsp3) is 0.0909. The van der Waals surface area contributed by atoms with Crippen molar-refractivity contribution in [3.63, 3.8) is 0 Å². The summed E-state index contributed by atoms with van der Waals surface area (Å²) in [7, 11) is 0. The number of thioether (sulfide) groups is 1. The number of rotatable bonds is 7. The Morgan fingerprint density at radius 1 is 0.808 bits per heavy atom. The first-order chi connectivity index (χ1) is 12.6. The average Bonchev–Trinajstić information content (AvgIpc) is 2.69. The maximum Gasteiger partial charge on any atom is 0.336 e. The van der Waals surface area contributed by atoms with Gasteiger partial charge >= 0.3 is 5.97 Å². The summed E-state index contributed by atoms with van der Waals surface area (Å²) >= 11 is 1.42. The first kappa shape index (κ1) is 18.0. The molecule has 130 valence electrons. The molecule has 3 rings (SSSR count). The Morgan fingerprint density at radius 2 is 1.38 bits per heavy atom. The van der Waals surface area contributed by atoms with Crippen molar-refractivity contribution in [3.8, 4) is 0 Å². The number of ketones is 1. The Hall–Kier alpha value is -2.85. The van der Waals surface area contributed by atoms with Crippen molar-refractivity contribution < 1.29 is 14.7 Å². The Labute approximate surface area is 156 Å². The fourth-order valence-corrected chi connectivity index (χ4v) is 3.98. The topological polar surface area (TPSA) is 54.4 Å². The van der Waals surface area contributed by atoms with Crippen LogP contribution in [0.25, 0.3) is 0 Å². The van der Waals surface area contributed by atoms with Gasteiger partial charge in [-0.15, -0.1) is 11.8 Å². The van der Waals surface area contributed by atoms with Gasteiger partial charge in [-0.05, 0) is 17.7 Å². The standard InChI is InChI=1S/C22H18O3S/c23-19(16-9-3-1-4-10-16)15-21(17-11-5-2-6-12-17)26-20-14-8-7-13-18(20)22(24)25/h1-14,21H,15H2,(H,24,25). The van der Waals surface area contributed by atoms with E-state index in [0.29, 0.717) is 16.9 Å². The summed E-state index contributed by atoms with van der Waals surface area (Å²) in [4.78, 5) is 24.9. The maximum atomic E-state index is 12.7. The largest absolute Gasteiger partial charge is 0.478 e. The van der Waals surface area contributed by atoms with Gasteiger partial charge in [-0.1, -0.05) is 72.8 Å². The molecule has 0 aromatic heterocycles. The third-order valence-electron chi connectivity index (χ3n) is 4.02. The van der Waals surface area contributed by atoms with E-state index in [0.717, 1.165) is 5.56 Å². The molecule has 0 aliphatic rings. The van der Waals surface area contributed by atoms with Crippen molar-refractivity contribution in [2.75, 3.05) is 0 Å². The zero-order valence-corrected chi connectivity index (χ0v) is 14.9. The number of carboxylic acid groups (broad SMARTS) is 1. The predicted octanol–water partition coefficient (Wildman–Crippen LogP) is 5.49. The molecule has 26 heavy (non-hydrogen) atoms. The molecule has 0 saturated heterocycles. The van der Waals surface area contributed by atoms with E-state index >= 15 is 0 Å². The quantitative estimate of drug-likeness (QED) is 0.446. The van der Waals surface area contributed by atoms with Crippen LogP contribution in [0.4, 0.5) is 0 Å². The number of Topliss-reactive ketones (excluding diaryl/α,β-unsaturated/α-hetero) is 1. The smallest absolute Gasteiger partial charge is 0.336 e. The van der Waals surface area contributed by atoms with Crippen LogP contribution in [0, 0.1) is 0 Å². The van der Waals surface area contributed by atoms with E-state index in [1.165, 1.54) is 11.8 Å². The lowest BCUT2D eigenvalue weighted by atomic mass is 10.0. The number of carbonyl (C=O) groups is 2. The third-order valence-corrected chi connectivity index (χ3v) is 5.36. The summed E-state index contributed by atoms with van der Waals surface area (Å²) in [5, 5.41) is 9.27. The highest BCUT2D eigenvalue weighted by molar-refractivity contribution is 7.99. The summed E-state index contributed by atoms with van der Waals surface area (Å²) in [6.45, 7) is 0. The van der Waals surface area contributed by atoms with Crippen LogP contribution in [0.2, 0.25) is 0 Å². The van der Waals surface area contributed by atoms with Gasteiger partial charge < -0.3 is 5.11 Å². The Balaban J connectivity index is 1.90. The zero-order valence-electron chi connectivity index (χ0n) is 14.0. The predicted molar refractivity (Wildman–Crippen MR) is 104 cm³/mol. The molecule has 0 heterocycles. The van der Waals surface area contributed by atoms with E-state index in [4.69, 9.17) is 0 Å². The lowest BCUT2D eigenvalue weighted by Gasteiger charge is -2.18. The molecule has 0 fully saturated rings. The highest BCUT2D eigenvalue weighted by atomic mass is 32.2. The molecule has 3 aromatic carbocycles. The van der Waals surface area contributed by atoms with Crippen molar-refractivity contribution in [1.29, 1.82) is 0 Å². The monoisotopic (exact) mass is 362 g/mol. The van der Waals surface area contributed by atoms with Gasteiger partial charge in [-0.3, -0.25) is 4.79 Å². The number of carboxylic acids is 1. The van der Waals surface area contributed by atoms with Crippen molar-refractivity contribution >= 4 is 23.5 Å². The van der Waals surface area contributed by atoms with Gasteiger partial charge in [0.1, 0.15) is 0 Å². The van der Waals surface area contributed by atoms with Gasteiger partial charge in [-0.25, -0.2) is 4.79 Å². The molecule has 0 saturated carbocycles. The first-order valence-electron chi connectivity index (χ1n) is 8.27. The molecule has 0 aliphatic heterocycles. The number of carbonyl (C=O) groups excluding carboxylic acids is 1. The van der Waals surface area contributed by atoms with Crippen LogP contribution in [0.3, 0.4) is 0 Å². The molecule has 0 spiro atoms. The molecule has 3 aromatic rings. The van der Waals surface area contributed by atoms with Crippen LogP contribution in [0.15, 0.2) is 89.8 Å². The molecule has 0 amide bonds. The summed E-state index contributed by atoms with van der Waals surface area (Å²) in [5.41, 5.74) is 1.92. The number of aromatic carboxylic acids is 1. The lowest BCUT2D eigenvalue weighted by molar-refractivity contribution is 0.0693. The van der Waals surface area contributed by atoms with E-state index < -0.39 is 5.97 Å². The normalized spacial score (nSPS) is 11.7.